The van der Waals surface area contributed by atoms with Crippen molar-refractivity contribution in [2.45, 2.75) is 13.2 Å². The van der Waals surface area contributed by atoms with E-state index in [0.29, 0.717) is 19.0 Å². The van der Waals surface area contributed by atoms with Gasteiger partial charge >= 0.3 is 0 Å². The summed E-state index contributed by atoms with van der Waals surface area (Å²) in [4.78, 5) is 4.06. The average molecular weight is 305 g/mol. The largest absolute Gasteiger partial charge is 0.489 e. The first kappa shape index (κ1) is 14.9. The van der Waals surface area contributed by atoms with Gasteiger partial charge < -0.3 is 15.8 Å². The summed E-state index contributed by atoms with van der Waals surface area (Å²) in [7, 11) is 0. The number of ether oxygens (including phenoxy) is 1. The van der Waals surface area contributed by atoms with E-state index < -0.39 is 0 Å². The van der Waals surface area contributed by atoms with Crippen molar-refractivity contribution in [2.75, 3.05) is 11.1 Å². The second-order valence-corrected chi connectivity index (χ2v) is 5.21. The van der Waals surface area contributed by atoms with E-state index in [1.165, 1.54) is 0 Å². The van der Waals surface area contributed by atoms with Crippen molar-refractivity contribution in [2.24, 2.45) is 0 Å². The second kappa shape index (κ2) is 7.31. The zero-order valence-electron chi connectivity index (χ0n) is 12.8. The molecule has 4 heteroatoms. The zero-order chi connectivity index (χ0) is 15.9. The number of hydrogen-bond acceptors (Lipinski definition) is 4. The highest BCUT2D eigenvalue weighted by Crippen LogP contribution is 2.18. The molecule has 116 valence electrons. The molecule has 0 atom stereocenters. The van der Waals surface area contributed by atoms with Crippen molar-refractivity contribution in [3.8, 4) is 5.75 Å². The van der Waals surface area contributed by atoms with Crippen molar-refractivity contribution in [1.82, 2.24) is 4.98 Å². The Labute approximate surface area is 135 Å². The number of rotatable bonds is 6. The molecule has 3 aromatic rings. The van der Waals surface area contributed by atoms with Crippen molar-refractivity contribution < 1.29 is 4.74 Å². The van der Waals surface area contributed by atoms with Crippen LogP contribution in [0.2, 0.25) is 0 Å². The third-order valence-electron chi connectivity index (χ3n) is 3.47. The van der Waals surface area contributed by atoms with E-state index in [9.17, 15) is 0 Å². The Morgan fingerprint density at radius 1 is 0.913 bits per heavy atom. The van der Waals surface area contributed by atoms with Gasteiger partial charge in [0.05, 0.1) is 5.69 Å². The Hall–Kier alpha value is -3.01. The molecule has 1 heterocycles. The molecule has 0 saturated heterocycles. The van der Waals surface area contributed by atoms with E-state index in [4.69, 9.17) is 10.5 Å². The van der Waals surface area contributed by atoms with Gasteiger partial charge in [0.15, 0.2) is 0 Å². The van der Waals surface area contributed by atoms with E-state index >= 15 is 0 Å². The standard InChI is InChI=1S/C19H19N3O/c20-19-18(10-5-11-21-19)22-13-16-8-4-9-17(12-16)23-14-15-6-2-1-3-7-15/h1-12,22H,13-14H2,(H2,20,21). The maximum absolute atomic E-state index is 5.84. The smallest absolute Gasteiger partial charge is 0.146 e. The molecule has 0 spiro atoms. The summed E-state index contributed by atoms with van der Waals surface area (Å²) in [6.45, 7) is 1.23. The molecule has 2 aromatic carbocycles. The van der Waals surface area contributed by atoms with Crippen LogP contribution in [-0.4, -0.2) is 4.98 Å². The number of pyridine rings is 1. The Morgan fingerprint density at radius 2 is 1.74 bits per heavy atom. The molecule has 4 nitrogen and oxygen atoms in total. The maximum atomic E-state index is 5.84. The van der Waals surface area contributed by atoms with Crippen molar-refractivity contribution >= 4 is 11.5 Å². The zero-order valence-corrected chi connectivity index (χ0v) is 12.8. The number of nitrogen functional groups attached to an aromatic ring is 1. The average Bonchev–Trinajstić information content (AvgIpc) is 2.61. The number of hydrogen-bond donors (Lipinski definition) is 2. The number of benzene rings is 2. The lowest BCUT2D eigenvalue weighted by Crippen LogP contribution is -2.04. The third-order valence-corrected chi connectivity index (χ3v) is 3.47. The molecule has 0 aliphatic heterocycles. The Morgan fingerprint density at radius 3 is 2.57 bits per heavy atom. The van der Waals surface area contributed by atoms with Crippen LogP contribution in [0.15, 0.2) is 72.9 Å². The molecule has 0 unspecified atom stereocenters. The van der Waals surface area contributed by atoms with E-state index in [1.807, 2.05) is 48.5 Å². The van der Waals surface area contributed by atoms with Crippen LogP contribution >= 0.6 is 0 Å². The lowest BCUT2D eigenvalue weighted by Gasteiger charge is -2.10. The van der Waals surface area contributed by atoms with Crippen LogP contribution in [0.4, 0.5) is 11.5 Å². The van der Waals surface area contributed by atoms with Crippen molar-refractivity contribution in [1.29, 1.82) is 0 Å². The minimum absolute atomic E-state index is 0.504. The molecule has 3 N–H and O–H groups in total. The van der Waals surface area contributed by atoms with Crippen molar-refractivity contribution in [3.05, 3.63) is 84.1 Å². The number of nitrogens with zero attached hydrogens (tertiary/aromatic N) is 1. The monoisotopic (exact) mass is 305 g/mol. The summed E-state index contributed by atoms with van der Waals surface area (Å²) in [5, 5.41) is 3.29. The van der Waals surface area contributed by atoms with E-state index in [1.54, 1.807) is 6.20 Å². The highest BCUT2D eigenvalue weighted by Gasteiger charge is 2.01. The summed E-state index contributed by atoms with van der Waals surface area (Å²) in [6, 6.07) is 21.9. The SMILES string of the molecule is Nc1ncccc1NCc1cccc(OCc2ccccc2)c1. The van der Waals surface area contributed by atoms with Crippen molar-refractivity contribution in [3.63, 3.8) is 0 Å². The van der Waals surface area contributed by atoms with Gasteiger partial charge in [-0.15, -0.1) is 0 Å². The molecular weight excluding hydrogens is 286 g/mol. The van der Waals surface area contributed by atoms with Crippen LogP contribution < -0.4 is 15.8 Å². The number of nitrogens with two attached hydrogens (primary N) is 1. The molecule has 0 aliphatic rings. The molecular formula is C19H19N3O. The van der Waals surface area contributed by atoms with Crippen LogP contribution in [-0.2, 0) is 13.2 Å². The fraction of sp³-hybridized carbons (Fsp3) is 0.105. The second-order valence-electron chi connectivity index (χ2n) is 5.21. The minimum atomic E-state index is 0.504. The lowest BCUT2D eigenvalue weighted by atomic mass is 10.2. The van der Waals surface area contributed by atoms with Crippen LogP contribution in [0.3, 0.4) is 0 Å². The molecule has 3 rings (SSSR count). The highest BCUT2D eigenvalue weighted by atomic mass is 16.5. The van der Waals surface area contributed by atoms with Gasteiger partial charge in [0.1, 0.15) is 18.2 Å². The fourth-order valence-electron chi connectivity index (χ4n) is 2.25. The summed E-state index contributed by atoms with van der Waals surface area (Å²) < 4.78 is 5.84. The molecule has 23 heavy (non-hydrogen) atoms. The lowest BCUT2D eigenvalue weighted by molar-refractivity contribution is 0.306. The summed E-state index contributed by atoms with van der Waals surface area (Å²) in [5.41, 5.74) is 8.94. The van der Waals surface area contributed by atoms with Crippen LogP contribution in [0.1, 0.15) is 11.1 Å². The third kappa shape index (κ3) is 4.23. The minimum Gasteiger partial charge on any atom is -0.489 e. The van der Waals surface area contributed by atoms with Gasteiger partial charge in [0.2, 0.25) is 0 Å². The van der Waals surface area contributed by atoms with Gasteiger partial charge in [-0.25, -0.2) is 4.98 Å². The van der Waals surface area contributed by atoms with Gasteiger partial charge in [-0.3, -0.25) is 0 Å². The first-order valence-electron chi connectivity index (χ1n) is 7.51. The van der Waals surface area contributed by atoms with Gasteiger partial charge in [-0.05, 0) is 35.4 Å². The van der Waals surface area contributed by atoms with E-state index in [-0.39, 0.29) is 0 Å². The maximum Gasteiger partial charge on any atom is 0.146 e. The van der Waals surface area contributed by atoms with E-state index in [2.05, 4.69) is 28.5 Å². The van der Waals surface area contributed by atoms with Gasteiger partial charge in [0.25, 0.3) is 0 Å². The number of anilines is 2. The highest BCUT2D eigenvalue weighted by molar-refractivity contribution is 5.61. The first-order valence-corrected chi connectivity index (χ1v) is 7.51. The number of aromatic nitrogens is 1. The quantitative estimate of drug-likeness (QED) is 0.726. The predicted octanol–water partition coefficient (Wildman–Crippen LogP) is 3.85. The molecule has 0 aliphatic carbocycles. The molecule has 0 fully saturated rings. The van der Waals surface area contributed by atoms with E-state index in [0.717, 1.165) is 22.6 Å². The fourth-order valence-corrected chi connectivity index (χ4v) is 2.25. The molecule has 0 bridgehead atoms. The Bertz CT molecular complexity index is 759. The normalized spacial score (nSPS) is 10.3. The Balaban J connectivity index is 1.60. The summed E-state index contributed by atoms with van der Waals surface area (Å²) in [6.07, 6.45) is 1.68. The summed E-state index contributed by atoms with van der Waals surface area (Å²) >= 11 is 0. The molecule has 1 aromatic heterocycles. The van der Waals surface area contributed by atoms with Gasteiger partial charge in [0, 0.05) is 12.7 Å². The number of nitrogens with one attached hydrogen (secondary N) is 1. The van der Waals surface area contributed by atoms with Gasteiger partial charge in [-0.2, -0.15) is 0 Å². The van der Waals surface area contributed by atoms with Crippen LogP contribution in [0.25, 0.3) is 0 Å². The van der Waals surface area contributed by atoms with Crippen LogP contribution in [0.5, 0.6) is 5.75 Å². The molecule has 0 saturated carbocycles. The first-order chi connectivity index (χ1) is 11.3. The molecule has 0 radical (unpaired) electrons. The molecule has 0 amide bonds. The predicted molar refractivity (Wildman–Crippen MR) is 93.2 cm³/mol. The van der Waals surface area contributed by atoms with Gasteiger partial charge in [-0.1, -0.05) is 42.5 Å². The van der Waals surface area contributed by atoms with Crippen LogP contribution in [0, 0.1) is 0 Å². The summed E-state index contributed by atoms with van der Waals surface area (Å²) in [5.74, 6) is 1.36. The topological polar surface area (TPSA) is 60.2 Å². The Kier molecular flexibility index (Phi) is 4.74.